The summed E-state index contributed by atoms with van der Waals surface area (Å²) in [4.78, 5) is 23.5. The van der Waals surface area contributed by atoms with Crippen LogP contribution in [-0.4, -0.2) is 50.8 Å². The third-order valence-electron chi connectivity index (χ3n) is 7.82. The Morgan fingerprint density at radius 3 is 1.70 bits per heavy atom. The first-order chi connectivity index (χ1) is 15.3. The van der Waals surface area contributed by atoms with Gasteiger partial charge >= 0.3 is 11.9 Å². The summed E-state index contributed by atoms with van der Waals surface area (Å²) in [6.45, 7) is 20.1. The fourth-order valence-electron chi connectivity index (χ4n) is 4.84. The highest BCUT2D eigenvalue weighted by molar-refractivity contribution is 6.74. The molecule has 0 radical (unpaired) electrons. The van der Waals surface area contributed by atoms with Crippen molar-refractivity contribution in [2.24, 2.45) is 23.7 Å². The molecule has 2 aliphatic rings. The predicted octanol–water partition coefficient (Wildman–Crippen LogP) is 5.72. The van der Waals surface area contributed by atoms with E-state index in [0.717, 1.165) is 32.1 Å². The fourth-order valence-corrected chi connectivity index (χ4v) is 6.22. The van der Waals surface area contributed by atoms with E-state index in [1.54, 1.807) is 0 Å². The van der Waals surface area contributed by atoms with Crippen LogP contribution in [0.25, 0.3) is 0 Å². The molecule has 6 atom stereocenters. The van der Waals surface area contributed by atoms with Gasteiger partial charge in [0.2, 0.25) is 0 Å². The van der Waals surface area contributed by atoms with Crippen LogP contribution < -0.4 is 0 Å². The van der Waals surface area contributed by atoms with E-state index in [2.05, 4.69) is 47.7 Å². The maximum atomic E-state index is 12.1. The van der Waals surface area contributed by atoms with Gasteiger partial charge in [-0.3, -0.25) is 9.59 Å². The zero-order chi connectivity index (χ0) is 25.4. The highest BCUT2D eigenvalue weighted by Crippen LogP contribution is 2.43. The SMILES string of the molecule is CCOC(=O)C1CC(O)CC1CC.CCOC(=O)C1CC(O[Si](C)(C)C(C)(C)C)CC1CC. The Balaban J connectivity index is 0.000000361. The van der Waals surface area contributed by atoms with Gasteiger partial charge in [-0.2, -0.15) is 0 Å². The minimum absolute atomic E-state index is 0.0271. The lowest BCUT2D eigenvalue weighted by molar-refractivity contribution is -0.150. The average Bonchev–Trinajstić information content (AvgIpc) is 3.30. The van der Waals surface area contributed by atoms with Crippen LogP contribution in [0.3, 0.4) is 0 Å². The lowest BCUT2D eigenvalue weighted by Gasteiger charge is -2.38. The number of hydrogen-bond donors (Lipinski definition) is 1. The molecule has 2 fully saturated rings. The number of carbonyl (C=O) groups excluding carboxylic acids is 2. The molecule has 0 saturated heterocycles. The number of aliphatic hydroxyl groups excluding tert-OH is 1. The van der Waals surface area contributed by atoms with Crippen molar-refractivity contribution in [1.82, 2.24) is 0 Å². The molecular formula is C26H50O6Si. The first-order valence-electron chi connectivity index (χ1n) is 13.0. The van der Waals surface area contributed by atoms with Crippen LogP contribution >= 0.6 is 0 Å². The summed E-state index contributed by atoms with van der Waals surface area (Å²) in [7, 11) is -1.75. The second-order valence-electron chi connectivity index (χ2n) is 11.2. The van der Waals surface area contributed by atoms with Gasteiger partial charge in [0.05, 0.1) is 31.2 Å². The number of esters is 2. The van der Waals surface area contributed by atoms with Crippen molar-refractivity contribution in [3.8, 4) is 0 Å². The molecule has 0 aromatic rings. The second-order valence-corrected chi connectivity index (χ2v) is 15.9. The Kier molecular flexibility index (Phi) is 12.1. The summed E-state index contributed by atoms with van der Waals surface area (Å²) in [5.41, 5.74) is 0. The van der Waals surface area contributed by atoms with Gasteiger partial charge in [-0.15, -0.1) is 0 Å². The Labute approximate surface area is 203 Å². The lowest BCUT2D eigenvalue weighted by Crippen LogP contribution is -2.43. The number of rotatable bonds is 8. The van der Waals surface area contributed by atoms with Crippen LogP contribution in [0.5, 0.6) is 0 Å². The van der Waals surface area contributed by atoms with Crippen LogP contribution in [-0.2, 0) is 23.5 Å². The Bertz CT molecular complexity index is 614. The zero-order valence-corrected chi connectivity index (χ0v) is 23.6. The van der Waals surface area contributed by atoms with Gasteiger partial charge in [-0.05, 0) is 69.5 Å². The van der Waals surface area contributed by atoms with E-state index < -0.39 is 8.32 Å². The summed E-state index contributed by atoms with van der Waals surface area (Å²) in [6.07, 6.45) is 5.07. The van der Waals surface area contributed by atoms with Crippen LogP contribution in [0.1, 0.15) is 87.0 Å². The van der Waals surface area contributed by atoms with E-state index >= 15 is 0 Å². The van der Waals surface area contributed by atoms with Crippen molar-refractivity contribution in [2.45, 2.75) is 117 Å². The van der Waals surface area contributed by atoms with E-state index in [1.165, 1.54) is 0 Å². The molecule has 0 spiro atoms. The van der Waals surface area contributed by atoms with Gasteiger partial charge in [0.15, 0.2) is 8.32 Å². The highest BCUT2D eigenvalue weighted by Gasteiger charge is 2.45. The molecule has 0 heterocycles. The Morgan fingerprint density at radius 2 is 1.27 bits per heavy atom. The monoisotopic (exact) mass is 486 g/mol. The third-order valence-corrected chi connectivity index (χ3v) is 12.4. The molecule has 194 valence electrons. The molecule has 0 aliphatic heterocycles. The summed E-state index contributed by atoms with van der Waals surface area (Å²) >= 11 is 0. The molecule has 6 nitrogen and oxygen atoms in total. The quantitative estimate of drug-likeness (QED) is 0.349. The molecular weight excluding hydrogens is 436 g/mol. The zero-order valence-electron chi connectivity index (χ0n) is 22.6. The van der Waals surface area contributed by atoms with Gasteiger partial charge in [-0.1, -0.05) is 47.5 Å². The van der Waals surface area contributed by atoms with Crippen molar-refractivity contribution in [3.63, 3.8) is 0 Å². The van der Waals surface area contributed by atoms with Crippen LogP contribution in [0, 0.1) is 23.7 Å². The minimum Gasteiger partial charge on any atom is -0.466 e. The minimum atomic E-state index is -1.75. The lowest BCUT2D eigenvalue weighted by atomic mass is 9.94. The molecule has 0 amide bonds. The van der Waals surface area contributed by atoms with Crippen molar-refractivity contribution in [2.75, 3.05) is 13.2 Å². The summed E-state index contributed by atoms with van der Waals surface area (Å²) in [5, 5.41) is 9.63. The second kappa shape index (κ2) is 13.2. The largest absolute Gasteiger partial charge is 0.466 e. The summed E-state index contributed by atoms with van der Waals surface area (Å²) in [6, 6.07) is 0. The molecule has 0 bridgehead atoms. The van der Waals surface area contributed by atoms with Gasteiger partial charge in [0.1, 0.15) is 0 Å². The van der Waals surface area contributed by atoms with Gasteiger partial charge < -0.3 is 19.0 Å². The smallest absolute Gasteiger partial charge is 0.309 e. The van der Waals surface area contributed by atoms with Crippen molar-refractivity contribution in [3.05, 3.63) is 0 Å². The average molecular weight is 487 g/mol. The predicted molar refractivity (Wildman–Crippen MR) is 134 cm³/mol. The molecule has 2 rings (SSSR count). The standard InChI is InChI=1S/C16H32O3Si.C10H18O3/c1-8-12-10-13(11-14(12)15(17)18-9-2)19-20(6,7)16(3,4)5;1-3-7-5-8(11)6-9(7)10(12)13-4-2/h12-14H,8-11H2,1-7H3;7-9,11H,3-6H2,1-2H3. The van der Waals surface area contributed by atoms with Crippen LogP contribution in [0.4, 0.5) is 0 Å². The summed E-state index contributed by atoms with van der Waals surface area (Å²) in [5.74, 6) is 0.541. The number of ether oxygens (including phenoxy) is 2. The fraction of sp³-hybridized carbons (Fsp3) is 0.923. The summed E-state index contributed by atoms with van der Waals surface area (Å²) < 4.78 is 16.7. The van der Waals surface area contributed by atoms with E-state index in [4.69, 9.17) is 13.9 Å². The maximum Gasteiger partial charge on any atom is 0.309 e. The molecule has 2 saturated carbocycles. The number of carbonyl (C=O) groups is 2. The van der Waals surface area contributed by atoms with Gasteiger partial charge in [0.25, 0.3) is 0 Å². The number of aliphatic hydroxyl groups is 1. The van der Waals surface area contributed by atoms with E-state index in [-0.39, 0.29) is 41.0 Å². The van der Waals surface area contributed by atoms with E-state index in [9.17, 15) is 14.7 Å². The maximum absolute atomic E-state index is 12.1. The third kappa shape index (κ3) is 8.66. The van der Waals surface area contributed by atoms with Crippen molar-refractivity contribution in [1.29, 1.82) is 0 Å². The van der Waals surface area contributed by atoms with Gasteiger partial charge in [0, 0.05) is 6.10 Å². The molecule has 33 heavy (non-hydrogen) atoms. The topological polar surface area (TPSA) is 82.1 Å². The van der Waals surface area contributed by atoms with Gasteiger partial charge in [-0.25, -0.2) is 0 Å². The Morgan fingerprint density at radius 1 is 0.818 bits per heavy atom. The normalized spacial score (nSPS) is 29.9. The molecule has 1 N–H and O–H groups in total. The van der Waals surface area contributed by atoms with E-state index in [0.29, 0.717) is 31.5 Å². The molecule has 0 aromatic carbocycles. The van der Waals surface area contributed by atoms with Crippen LogP contribution in [0.15, 0.2) is 0 Å². The molecule has 7 heteroatoms. The van der Waals surface area contributed by atoms with E-state index in [1.807, 2.05) is 13.8 Å². The first-order valence-corrected chi connectivity index (χ1v) is 15.9. The van der Waals surface area contributed by atoms with Crippen molar-refractivity contribution < 1.29 is 28.6 Å². The Hall–Kier alpha value is -0.923. The van der Waals surface area contributed by atoms with Crippen LogP contribution in [0.2, 0.25) is 18.1 Å². The number of hydrogen-bond acceptors (Lipinski definition) is 6. The molecule has 0 aromatic heterocycles. The highest BCUT2D eigenvalue weighted by atomic mass is 28.4. The molecule has 2 aliphatic carbocycles. The first kappa shape index (κ1) is 30.1. The van der Waals surface area contributed by atoms with Crippen molar-refractivity contribution >= 4 is 20.3 Å². The molecule has 6 unspecified atom stereocenters.